The average Bonchev–Trinajstić information content (AvgIpc) is 3.01. The van der Waals surface area contributed by atoms with Crippen LogP contribution in [-0.2, 0) is 26.0 Å². The third-order valence-corrected chi connectivity index (χ3v) is 6.99. The van der Waals surface area contributed by atoms with Gasteiger partial charge in [0.25, 0.3) is 0 Å². The zero-order valence-electron chi connectivity index (χ0n) is 15.4. The standard InChI is InChI=1S/C18H22BrN3O4S/c1-11-9-14(7-8-16(11)19)27(24,25)21-17-5-4-6-18-15(17)10-20-22(18)12(2)26-13(3)23/h7-10,12,17,21H,4-6H2,1-3H3. The van der Waals surface area contributed by atoms with Gasteiger partial charge in [-0.1, -0.05) is 15.9 Å². The van der Waals surface area contributed by atoms with Crippen LogP contribution < -0.4 is 4.72 Å². The van der Waals surface area contributed by atoms with Crippen LogP contribution in [0.4, 0.5) is 0 Å². The minimum absolute atomic E-state index is 0.232. The van der Waals surface area contributed by atoms with Crippen LogP contribution in [0.2, 0.25) is 0 Å². The predicted octanol–water partition coefficient (Wildman–Crippen LogP) is 3.39. The summed E-state index contributed by atoms with van der Waals surface area (Å²) in [5, 5.41) is 4.33. The van der Waals surface area contributed by atoms with Gasteiger partial charge in [-0.25, -0.2) is 17.8 Å². The van der Waals surface area contributed by atoms with Gasteiger partial charge in [-0.2, -0.15) is 5.10 Å². The molecule has 3 rings (SSSR count). The van der Waals surface area contributed by atoms with E-state index < -0.39 is 16.3 Å². The maximum Gasteiger partial charge on any atom is 0.304 e. The highest BCUT2D eigenvalue weighted by atomic mass is 79.9. The molecule has 2 aromatic rings. The smallest absolute Gasteiger partial charge is 0.304 e. The lowest BCUT2D eigenvalue weighted by atomic mass is 9.94. The van der Waals surface area contributed by atoms with E-state index in [2.05, 4.69) is 25.8 Å². The lowest BCUT2D eigenvalue weighted by Crippen LogP contribution is -2.31. The minimum Gasteiger partial charge on any atom is -0.440 e. The maximum atomic E-state index is 12.8. The van der Waals surface area contributed by atoms with Gasteiger partial charge in [0.15, 0.2) is 6.23 Å². The second kappa shape index (κ2) is 7.73. The van der Waals surface area contributed by atoms with Crippen molar-refractivity contribution in [3.05, 3.63) is 45.7 Å². The van der Waals surface area contributed by atoms with Crippen LogP contribution in [0.1, 0.15) is 55.8 Å². The Hall–Kier alpha value is -1.71. The Balaban J connectivity index is 1.87. The highest BCUT2D eigenvalue weighted by Gasteiger charge is 2.30. The van der Waals surface area contributed by atoms with E-state index in [4.69, 9.17) is 4.74 Å². The summed E-state index contributed by atoms with van der Waals surface area (Å²) in [5.41, 5.74) is 2.58. The normalized spacial score (nSPS) is 18.0. The number of nitrogens with one attached hydrogen (secondary N) is 1. The van der Waals surface area contributed by atoms with E-state index in [1.165, 1.54) is 6.92 Å². The summed E-state index contributed by atoms with van der Waals surface area (Å²) in [5.74, 6) is -0.384. The minimum atomic E-state index is -3.67. The number of sulfonamides is 1. The number of ether oxygens (including phenoxy) is 1. The van der Waals surface area contributed by atoms with E-state index >= 15 is 0 Å². The van der Waals surface area contributed by atoms with E-state index in [0.29, 0.717) is 6.42 Å². The van der Waals surface area contributed by atoms with E-state index in [1.807, 2.05) is 6.92 Å². The SMILES string of the molecule is CC(=O)OC(C)n1ncc2c1CCCC2NS(=O)(=O)c1ccc(Br)c(C)c1. The van der Waals surface area contributed by atoms with E-state index in [1.54, 1.807) is 36.0 Å². The molecule has 1 N–H and O–H groups in total. The largest absolute Gasteiger partial charge is 0.440 e. The first-order valence-corrected chi connectivity index (χ1v) is 11.0. The summed E-state index contributed by atoms with van der Waals surface area (Å²) in [6, 6.07) is 4.59. The molecule has 0 aliphatic heterocycles. The fourth-order valence-corrected chi connectivity index (χ4v) is 4.93. The Morgan fingerprint density at radius 1 is 1.44 bits per heavy atom. The molecule has 1 aromatic carbocycles. The Kier molecular flexibility index (Phi) is 5.73. The molecule has 0 spiro atoms. The highest BCUT2D eigenvalue weighted by molar-refractivity contribution is 9.10. The molecule has 0 saturated heterocycles. The van der Waals surface area contributed by atoms with Crippen molar-refractivity contribution in [1.82, 2.24) is 14.5 Å². The van der Waals surface area contributed by atoms with Gasteiger partial charge in [-0.3, -0.25) is 4.79 Å². The Morgan fingerprint density at radius 2 is 2.19 bits per heavy atom. The van der Waals surface area contributed by atoms with Crippen molar-refractivity contribution in [2.24, 2.45) is 0 Å². The second-order valence-corrected chi connectivity index (χ2v) is 9.25. The molecule has 2 atom stereocenters. The first-order valence-electron chi connectivity index (χ1n) is 8.71. The van der Waals surface area contributed by atoms with Crippen molar-refractivity contribution >= 4 is 31.9 Å². The van der Waals surface area contributed by atoms with Crippen molar-refractivity contribution in [3.63, 3.8) is 0 Å². The molecule has 27 heavy (non-hydrogen) atoms. The van der Waals surface area contributed by atoms with Gasteiger partial charge in [0, 0.05) is 22.7 Å². The van der Waals surface area contributed by atoms with Gasteiger partial charge in [0.05, 0.1) is 17.1 Å². The van der Waals surface area contributed by atoms with Gasteiger partial charge >= 0.3 is 5.97 Å². The molecule has 0 fully saturated rings. The number of hydrogen-bond donors (Lipinski definition) is 1. The Labute approximate surface area is 167 Å². The number of aryl methyl sites for hydroxylation is 1. The molecule has 1 aromatic heterocycles. The summed E-state index contributed by atoms with van der Waals surface area (Å²) in [6.45, 7) is 4.94. The number of benzene rings is 1. The van der Waals surface area contributed by atoms with Gasteiger partial charge in [-0.15, -0.1) is 0 Å². The zero-order chi connectivity index (χ0) is 19.8. The summed E-state index contributed by atoms with van der Waals surface area (Å²) < 4.78 is 36.2. The predicted molar refractivity (Wildman–Crippen MR) is 104 cm³/mol. The molecule has 1 aliphatic carbocycles. The Bertz CT molecular complexity index is 971. The van der Waals surface area contributed by atoms with Gasteiger partial charge < -0.3 is 4.74 Å². The third-order valence-electron chi connectivity index (χ3n) is 4.63. The van der Waals surface area contributed by atoms with Crippen LogP contribution >= 0.6 is 15.9 Å². The second-order valence-electron chi connectivity index (χ2n) is 6.68. The average molecular weight is 456 g/mol. The number of aromatic nitrogens is 2. The lowest BCUT2D eigenvalue weighted by Gasteiger charge is -2.25. The topological polar surface area (TPSA) is 90.3 Å². The van der Waals surface area contributed by atoms with Crippen LogP contribution in [0, 0.1) is 6.92 Å². The van der Waals surface area contributed by atoms with Gasteiger partial charge in [0.1, 0.15) is 0 Å². The number of halogens is 1. The molecular weight excluding hydrogens is 434 g/mol. The van der Waals surface area contributed by atoms with Crippen LogP contribution in [-0.4, -0.2) is 24.2 Å². The van der Waals surface area contributed by atoms with Crippen LogP contribution in [0.25, 0.3) is 0 Å². The zero-order valence-corrected chi connectivity index (χ0v) is 17.8. The monoisotopic (exact) mass is 455 g/mol. The lowest BCUT2D eigenvalue weighted by molar-refractivity contribution is -0.150. The van der Waals surface area contributed by atoms with Crippen LogP contribution in [0.15, 0.2) is 33.8 Å². The molecule has 7 nitrogen and oxygen atoms in total. The molecule has 0 bridgehead atoms. The first-order chi connectivity index (χ1) is 12.7. The number of carbonyl (C=O) groups is 1. The van der Waals surface area contributed by atoms with Crippen molar-refractivity contribution < 1.29 is 17.9 Å². The molecule has 0 amide bonds. The summed E-state index contributed by atoms with van der Waals surface area (Å²) in [4.78, 5) is 11.5. The molecule has 2 unspecified atom stereocenters. The summed E-state index contributed by atoms with van der Waals surface area (Å²) in [6.07, 6.45) is 3.40. The van der Waals surface area contributed by atoms with E-state index in [0.717, 1.165) is 34.1 Å². The third kappa shape index (κ3) is 4.25. The van der Waals surface area contributed by atoms with Crippen molar-refractivity contribution in [1.29, 1.82) is 0 Å². The molecule has 9 heteroatoms. The first kappa shape index (κ1) is 20.0. The number of nitrogens with zero attached hydrogens (tertiary/aromatic N) is 2. The van der Waals surface area contributed by atoms with Crippen molar-refractivity contribution in [2.45, 2.75) is 57.2 Å². The number of carbonyl (C=O) groups excluding carboxylic acids is 1. The molecule has 146 valence electrons. The van der Waals surface area contributed by atoms with Gasteiger partial charge in [-0.05, 0) is 56.9 Å². The van der Waals surface area contributed by atoms with Gasteiger partial charge in [0.2, 0.25) is 10.0 Å². The molecule has 0 saturated carbocycles. The number of fused-ring (bicyclic) bond motifs is 1. The summed E-state index contributed by atoms with van der Waals surface area (Å²) in [7, 11) is -3.67. The van der Waals surface area contributed by atoms with Crippen molar-refractivity contribution in [3.8, 4) is 0 Å². The quantitative estimate of drug-likeness (QED) is 0.697. The highest BCUT2D eigenvalue weighted by Crippen LogP contribution is 2.32. The van der Waals surface area contributed by atoms with E-state index in [9.17, 15) is 13.2 Å². The number of esters is 1. The fourth-order valence-electron chi connectivity index (χ4n) is 3.35. The number of rotatable bonds is 5. The van der Waals surface area contributed by atoms with Crippen LogP contribution in [0.3, 0.4) is 0 Å². The van der Waals surface area contributed by atoms with Crippen molar-refractivity contribution in [2.75, 3.05) is 0 Å². The Morgan fingerprint density at radius 3 is 2.85 bits per heavy atom. The molecule has 1 heterocycles. The number of hydrogen-bond acceptors (Lipinski definition) is 5. The fraction of sp³-hybridized carbons (Fsp3) is 0.444. The molecule has 1 aliphatic rings. The molecular formula is C18H22BrN3O4S. The molecule has 0 radical (unpaired) electrons. The maximum absolute atomic E-state index is 12.8. The summed E-state index contributed by atoms with van der Waals surface area (Å²) >= 11 is 3.39. The van der Waals surface area contributed by atoms with E-state index in [-0.39, 0.29) is 16.9 Å². The van der Waals surface area contributed by atoms with Crippen LogP contribution in [0.5, 0.6) is 0 Å².